The van der Waals surface area contributed by atoms with E-state index in [-0.39, 0.29) is 24.2 Å². The Balaban J connectivity index is 1.44. The van der Waals surface area contributed by atoms with E-state index in [4.69, 9.17) is 4.74 Å². The Morgan fingerprint density at radius 2 is 2.25 bits per heavy atom. The first-order valence-electron chi connectivity index (χ1n) is 10.2. The number of anilines is 2. The Hall–Kier alpha value is -3.53. The number of nitrogens with one attached hydrogen (secondary N) is 2. The summed E-state index contributed by atoms with van der Waals surface area (Å²) in [6.07, 6.45) is 7.48. The van der Waals surface area contributed by atoms with Crippen LogP contribution in [0.4, 0.5) is 11.6 Å². The van der Waals surface area contributed by atoms with Gasteiger partial charge in [-0.3, -0.25) is 14.6 Å². The first-order chi connectivity index (χ1) is 15.6. The lowest BCUT2D eigenvalue weighted by Crippen LogP contribution is -2.39. The van der Waals surface area contributed by atoms with Gasteiger partial charge >= 0.3 is 5.97 Å². The maximum Gasteiger partial charge on any atom is 0.304 e. The summed E-state index contributed by atoms with van der Waals surface area (Å²) >= 11 is 1.44. The fourth-order valence-electron chi connectivity index (χ4n) is 3.43. The molecule has 1 aliphatic heterocycles. The summed E-state index contributed by atoms with van der Waals surface area (Å²) in [7, 11) is 0. The third-order valence-corrected chi connectivity index (χ3v) is 6.17. The van der Waals surface area contributed by atoms with Gasteiger partial charge in [-0.15, -0.1) is 11.8 Å². The molecule has 32 heavy (non-hydrogen) atoms. The monoisotopic (exact) mass is 453 g/mol. The van der Waals surface area contributed by atoms with Crippen LogP contribution in [0.25, 0.3) is 0 Å². The Morgan fingerprint density at radius 1 is 1.34 bits per heavy atom. The number of carbonyl (C=O) groups excluding carboxylic acids is 1. The second-order valence-electron chi connectivity index (χ2n) is 7.17. The van der Waals surface area contributed by atoms with Gasteiger partial charge in [-0.25, -0.2) is 4.98 Å². The number of benzene rings is 1. The van der Waals surface area contributed by atoms with E-state index < -0.39 is 5.97 Å². The number of carboxylic acid groups (broad SMARTS) is 1. The largest absolute Gasteiger partial charge is 0.482 e. The van der Waals surface area contributed by atoms with Gasteiger partial charge < -0.3 is 25.0 Å². The third kappa shape index (κ3) is 5.38. The van der Waals surface area contributed by atoms with Gasteiger partial charge in [0.2, 0.25) is 0 Å². The molecule has 0 radical (unpaired) electrons. The van der Waals surface area contributed by atoms with Crippen LogP contribution in [0.15, 0.2) is 60.0 Å². The van der Waals surface area contributed by atoms with Crippen molar-refractivity contribution in [3.05, 3.63) is 60.7 Å². The van der Waals surface area contributed by atoms with E-state index in [9.17, 15) is 14.7 Å². The number of hydrogen-bond acceptors (Lipinski definition) is 7. The number of hydrogen-bond donors (Lipinski definition) is 3. The van der Waals surface area contributed by atoms with Gasteiger partial charge in [0, 0.05) is 48.0 Å². The Bertz CT molecular complexity index is 1060. The minimum Gasteiger partial charge on any atom is -0.482 e. The number of fused-ring (bicyclic) bond motifs is 1. The van der Waals surface area contributed by atoms with Crippen molar-refractivity contribution >= 4 is 35.3 Å². The molecule has 166 valence electrons. The smallest absolute Gasteiger partial charge is 0.304 e. The van der Waals surface area contributed by atoms with Crippen molar-refractivity contribution in [1.82, 2.24) is 15.0 Å². The molecule has 0 saturated carbocycles. The summed E-state index contributed by atoms with van der Waals surface area (Å²) in [4.78, 5) is 37.6. The molecule has 0 bridgehead atoms. The minimum atomic E-state index is -0.875. The SMILES string of the molecule is O=C(O)CC(Sc1ccc2c(c1)OCC(=O)N2CCCNc1ncc[nH]1)c1cccnc1. The maximum atomic E-state index is 12.4. The van der Waals surface area contributed by atoms with E-state index in [1.165, 1.54) is 11.8 Å². The van der Waals surface area contributed by atoms with Crippen LogP contribution >= 0.6 is 11.8 Å². The number of imidazole rings is 1. The van der Waals surface area contributed by atoms with Gasteiger partial charge in [0.05, 0.1) is 12.1 Å². The Kier molecular flexibility index (Phi) is 6.90. The molecule has 1 unspecified atom stereocenters. The van der Waals surface area contributed by atoms with Crippen LogP contribution in [-0.2, 0) is 9.59 Å². The van der Waals surface area contributed by atoms with Gasteiger partial charge in [-0.2, -0.15) is 0 Å². The highest BCUT2D eigenvalue weighted by molar-refractivity contribution is 7.99. The van der Waals surface area contributed by atoms with Crippen molar-refractivity contribution in [2.24, 2.45) is 0 Å². The molecule has 0 aliphatic carbocycles. The van der Waals surface area contributed by atoms with Crippen molar-refractivity contribution in [1.29, 1.82) is 0 Å². The number of nitrogens with zero attached hydrogens (tertiary/aromatic N) is 3. The maximum absolute atomic E-state index is 12.4. The molecule has 1 aliphatic rings. The number of H-pyrrole nitrogens is 1. The average molecular weight is 454 g/mol. The lowest BCUT2D eigenvalue weighted by Gasteiger charge is -2.30. The molecular weight excluding hydrogens is 430 g/mol. The molecule has 2 aromatic heterocycles. The molecule has 4 rings (SSSR count). The van der Waals surface area contributed by atoms with Gasteiger partial charge in [0.1, 0.15) is 5.75 Å². The first-order valence-corrected chi connectivity index (χ1v) is 11.1. The zero-order valence-corrected chi connectivity index (χ0v) is 18.0. The molecule has 3 N–H and O–H groups in total. The van der Waals surface area contributed by atoms with Crippen molar-refractivity contribution < 1.29 is 19.4 Å². The van der Waals surface area contributed by atoms with Crippen LogP contribution < -0.4 is 15.0 Å². The Morgan fingerprint density at radius 3 is 3.00 bits per heavy atom. The van der Waals surface area contributed by atoms with Gasteiger partial charge in [0.25, 0.3) is 5.91 Å². The molecule has 0 spiro atoms. The molecule has 3 heterocycles. The second-order valence-corrected chi connectivity index (χ2v) is 8.45. The topological polar surface area (TPSA) is 120 Å². The fraction of sp³-hybridized carbons (Fsp3) is 0.273. The first kappa shape index (κ1) is 21.7. The van der Waals surface area contributed by atoms with Gasteiger partial charge in [-0.05, 0) is 36.2 Å². The summed E-state index contributed by atoms with van der Waals surface area (Å²) in [5, 5.41) is 12.2. The van der Waals surface area contributed by atoms with Crippen LogP contribution in [0.2, 0.25) is 0 Å². The van der Waals surface area contributed by atoms with Crippen LogP contribution in [0.5, 0.6) is 5.75 Å². The normalized spacial score (nSPS) is 13.9. The van der Waals surface area contributed by atoms with E-state index in [1.807, 2.05) is 24.3 Å². The predicted octanol–water partition coefficient (Wildman–Crippen LogP) is 3.34. The van der Waals surface area contributed by atoms with Crippen molar-refractivity contribution in [3.8, 4) is 5.75 Å². The third-order valence-electron chi connectivity index (χ3n) is 4.92. The van der Waals surface area contributed by atoms with E-state index >= 15 is 0 Å². The van der Waals surface area contributed by atoms with Gasteiger partial charge in [-0.1, -0.05) is 6.07 Å². The average Bonchev–Trinajstić information content (AvgIpc) is 3.31. The molecule has 10 heteroatoms. The number of carbonyl (C=O) groups is 2. The zero-order valence-electron chi connectivity index (χ0n) is 17.2. The number of aromatic nitrogens is 3. The molecule has 9 nitrogen and oxygen atoms in total. The summed E-state index contributed by atoms with van der Waals surface area (Å²) in [6, 6.07) is 9.29. The number of aliphatic carboxylic acids is 1. The minimum absolute atomic E-state index is 0.0199. The summed E-state index contributed by atoms with van der Waals surface area (Å²) in [5.41, 5.74) is 1.57. The quantitative estimate of drug-likeness (QED) is 0.316. The van der Waals surface area contributed by atoms with Crippen LogP contribution in [0.3, 0.4) is 0 Å². The molecule has 1 amide bonds. The van der Waals surface area contributed by atoms with Crippen LogP contribution in [0.1, 0.15) is 23.7 Å². The molecule has 0 fully saturated rings. The zero-order chi connectivity index (χ0) is 22.3. The van der Waals surface area contributed by atoms with Crippen molar-refractivity contribution in [2.45, 2.75) is 23.0 Å². The summed E-state index contributed by atoms with van der Waals surface area (Å²) < 4.78 is 5.68. The predicted molar refractivity (Wildman–Crippen MR) is 121 cm³/mol. The lowest BCUT2D eigenvalue weighted by molar-refractivity contribution is -0.137. The van der Waals surface area contributed by atoms with E-state index in [2.05, 4.69) is 20.3 Å². The standard InChI is InChI=1S/C22H23N5O4S/c28-20-14-31-18-11-16(32-19(12-21(29)30)15-3-1-6-23-13-15)4-5-17(18)27(20)10-2-7-24-22-25-8-9-26-22/h1,3-6,8-9,11,13,19H,2,7,10,12,14H2,(H,29,30)(H2,24,25,26). The molecule has 1 atom stereocenters. The highest BCUT2D eigenvalue weighted by Crippen LogP contribution is 2.42. The lowest BCUT2D eigenvalue weighted by atomic mass is 10.1. The number of thioether (sulfide) groups is 1. The number of amides is 1. The van der Waals surface area contributed by atoms with E-state index in [0.29, 0.717) is 24.8 Å². The number of pyridine rings is 1. The van der Waals surface area contributed by atoms with Gasteiger partial charge in [0.15, 0.2) is 12.6 Å². The van der Waals surface area contributed by atoms with E-state index in [1.54, 1.807) is 35.8 Å². The molecule has 3 aromatic rings. The van der Waals surface area contributed by atoms with Crippen LogP contribution in [-0.4, -0.2) is 51.6 Å². The number of carboxylic acids is 1. The highest BCUT2D eigenvalue weighted by Gasteiger charge is 2.26. The van der Waals surface area contributed by atoms with E-state index in [0.717, 1.165) is 22.6 Å². The Labute approximate surface area is 189 Å². The molecule has 0 saturated heterocycles. The van der Waals surface area contributed by atoms with Crippen LogP contribution in [0, 0.1) is 0 Å². The number of ether oxygens (including phenoxy) is 1. The van der Waals surface area contributed by atoms with Crippen molar-refractivity contribution in [3.63, 3.8) is 0 Å². The molecular formula is C22H23N5O4S. The second kappa shape index (κ2) is 10.2. The number of rotatable bonds is 10. The molecule has 1 aromatic carbocycles. The number of aromatic amines is 1. The highest BCUT2D eigenvalue weighted by atomic mass is 32.2. The fourth-order valence-corrected chi connectivity index (χ4v) is 4.58. The summed E-state index contributed by atoms with van der Waals surface area (Å²) in [5.74, 6) is 0.356. The summed E-state index contributed by atoms with van der Waals surface area (Å²) in [6.45, 7) is 1.20. The van der Waals surface area contributed by atoms with Crippen molar-refractivity contribution in [2.75, 3.05) is 29.9 Å².